The first-order chi connectivity index (χ1) is 6.75. The Morgan fingerprint density at radius 1 is 0.929 bits per heavy atom. The summed E-state index contributed by atoms with van der Waals surface area (Å²) in [4.78, 5) is 0. The number of halogens is 2. The summed E-state index contributed by atoms with van der Waals surface area (Å²) in [6.07, 6.45) is 0. The van der Waals surface area contributed by atoms with Crippen LogP contribution in [0.2, 0.25) is 0 Å². The average Bonchev–Trinajstić information content (AvgIpc) is 2.21. The van der Waals surface area contributed by atoms with E-state index in [9.17, 15) is 0 Å². The maximum absolute atomic E-state index is 3.42. The molecular weight excluding hydrogens is 351 g/mol. The van der Waals surface area contributed by atoms with E-state index in [4.69, 9.17) is 0 Å². The van der Waals surface area contributed by atoms with E-state index in [2.05, 4.69) is 68.9 Å². The second-order valence-electron chi connectivity index (χ2n) is 2.93. The lowest BCUT2D eigenvalue weighted by atomic mass is 10.1. The van der Waals surface area contributed by atoms with E-state index in [1.165, 1.54) is 11.1 Å². The Morgan fingerprint density at radius 2 is 1.57 bits per heavy atom. The van der Waals surface area contributed by atoms with Gasteiger partial charge in [0.1, 0.15) is 0 Å². The SMILES string of the molecule is Brc1ccc(-c2c[c]c(I)cc2)cc1. The summed E-state index contributed by atoms with van der Waals surface area (Å²) in [6, 6.07) is 17.7. The van der Waals surface area contributed by atoms with Gasteiger partial charge in [-0.2, -0.15) is 0 Å². The third-order valence-electron chi connectivity index (χ3n) is 1.95. The van der Waals surface area contributed by atoms with Crippen LogP contribution in [0.25, 0.3) is 11.1 Å². The molecule has 0 aliphatic rings. The van der Waals surface area contributed by atoms with Crippen molar-refractivity contribution in [2.45, 2.75) is 0 Å². The Morgan fingerprint density at radius 3 is 2.14 bits per heavy atom. The number of rotatable bonds is 1. The molecule has 0 heterocycles. The summed E-state index contributed by atoms with van der Waals surface area (Å²) in [5, 5.41) is 0. The first-order valence-corrected chi connectivity index (χ1v) is 6.06. The molecule has 69 valence electrons. The van der Waals surface area contributed by atoms with Crippen molar-refractivity contribution in [1.82, 2.24) is 0 Å². The zero-order chi connectivity index (χ0) is 9.97. The van der Waals surface area contributed by atoms with Gasteiger partial charge in [0.2, 0.25) is 0 Å². The number of hydrogen-bond acceptors (Lipinski definition) is 0. The van der Waals surface area contributed by atoms with Crippen molar-refractivity contribution < 1.29 is 0 Å². The van der Waals surface area contributed by atoms with Gasteiger partial charge in [-0.1, -0.05) is 34.1 Å². The molecule has 0 fully saturated rings. The van der Waals surface area contributed by atoms with Crippen LogP contribution in [-0.2, 0) is 0 Å². The van der Waals surface area contributed by atoms with Crippen LogP contribution >= 0.6 is 38.5 Å². The first-order valence-electron chi connectivity index (χ1n) is 4.19. The molecule has 0 unspecified atom stereocenters. The molecule has 0 nitrogen and oxygen atoms in total. The van der Waals surface area contributed by atoms with E-state index in [1.807, 2.05) is 18.2 Å². The summed E-state index contributed by atoms with van der Waals surface area (Å²) in [5.41, 5.74) is 2.43. The largest absolute Gasteiger partial charge is 0.0533 e. The van der Waals surface area contributed by atoms with Crippen molar-refractivity contribution in [3.05, 3.63) is 56.6 Å². The summed E-state index contributed by atoms with van der Waals surface area (Å²) < 4.78 is 2.25. The van der Waals surface area contributed by atoms with Crippen molar-refractivity contribution in [3.63, 3.8) is 0 Å². The maximum atomic E-state index is 3.42. The average molecular weight is 358 g/mol. The third kappa shape index (κ3) is 2.36. The van der Waals surface area contributed by atoms with Gasteiger partial charge in [0, 0.05) is 8.04 Å². The first kappa shape index (κ1) is 10.2. The van der Waals surface area contributed by atoms with E-state index in [0.717, 1.165) is 8.04 Å². The molecule has 0 saturated carbocycles. The van der Waals surface area contributed by atoms with Gasteiger partial charge in [-0.05, 0) is 64.0 Å². The van der Waals surface area contributed by atoms with Crippen LogP contribution in [0.1, 0.15) is 0 Å². The molecule has 0 aromatic heterocycles. The number of hydrogen-bond donors (Lipinski definition) is 0. The van der Waals surface area contributed by atoms with Gasteiger partial charge >= 0.3 is 0 Å². The topological polar surface area (TPSA) is 0 Å². The van der Waals surface area contributed by atoms with E-state index >= 15 is 0 Å². The van der Waals surface area contributed by atoms with Crippen LogP contribution in [0, 0.1) is 9.64 Å². The highest BCUT2D eigenvalue weighted by molar-refractivity contribution is 14.1. The molecule has 2 heteroatoms. The lowest BCUT2D eigenvalue weighted by molar-refractivity contribution is 1.57. The van der Waals surface area contributed by atoms with Gasteiger partial charge in [0.15, 0.2) is 0 Å². The van der Waals surface area contributed by atoms with Crippen molar-refractivity contribution in [3.8, 4) is 11.1 Å². The summed E-state index contributed by atoms with van der Waals surface area (Å²) in [6.45, 7) is 0. The summed E-state index contributed by atoms with van der Waals surface area (Å²) >= 11 is 5.68. The summed E-state index contributed by atoms with van der Waals surface area (Å²) in [5.74, 6) is 0. The molecular formula is C12H7BrI. The molecule has 0 spiro atoms. The zero-order valence-corrected chi connectivity index (χ0v) is 11.0. The highest BCUT2D eigenvalue weighted by atomic mass is 127. The molecule has 0 amide bonds. The monoisotopic (exact) mass is 357 g/mol. The smallest absolute Gasteiger partial charge is 0.0209 e. The highest BCUT2D eigenvalue weighted by Crippen LogP contribution is 2.22. The van der Waals surface area contributed by atoms with Gasteiger partial charge < -0.3 is 0 Å². The molecule has 0 bridgehead atoms. The Labute approximate surface area is 106 Å². The highest BCUT2D eigenvalue weighted by Gasteiger charge is 1.96. The van der Waals surface area contributed by atoms with Gasteiger partial charge in [-0.25, -0.2) is 0 Å². The minimum atomic E-state index is 1.11. The standard InChI is InChI=1S/C12H7BrI/c13-11-5-1-9(2-6-11)10-3-7-12(14)8-4-10/h1-7H. The van der Waals surface area contributed by atoms with Gasteiger partial charge in [-0.15, -0.1) is 0 Å². The van der Waals surface area contributed by atoms with Crippen LogP contribution < -0.4 is 0 Å². The van der Waals surface area contributed by atoms with Crippen molar-refractivity contribution in [1.29, 1.82) is 0 Å². The fourth-order valence-electron chi connectivity index (χ4n) is 1.23. The molecule has 2 rings (SSSR count). The fourth-order valence-corrected chi connectivity index (χ4v) is 1.83. The minimum Gasteiger partial charge on any atom is -0.0533 e. The molecule has 0 atom stereocenters. The maximum Gasteiger partial charge on any atom is 0.0209 e. The molecule has 14 heavy (non-hydrogen) atoms. The van der Waals surface area contributed by atoms with E-state index in [0.29, 0.717) is 0 Å². The Hall–Kier alpha value is -0.350. The molecule has 2 aromatic carbocycles. The second-order valence-corrected chi connectivity index (χ2v) is 5.01. The number of benzene rings is 2. The molecule has 0 saturated heterocycles. The Bertz CT molecular complexity index is 374. The van der Waals surface area contributed by atoms with Crippen molar-refractivity contribution in [2.75, 3.05) is 0 Å². The van der Waals surface area contributed by atoms with Gasteiger partial charge in [0.25, 0.3) is 0 Å². The predicted molar refractivity (Wildman–Crippen MR) is 71.1 cm³/mol. The third-order valence-corrected chi connectivity index (χ3v) is 3.15. The fraction of sp³-hybridized carbons (Fsp3) is 0. The van der Waals surface area contributed by atoms with Crippen LogP contribution in [-0.4, -0.2) is 0 Å². The van der Waals surface area contributed by atoms with Crippen molar-refractivity contribution >= 4 is 38.5 Å². The van der Waals surface area contributed by atoms with E-state index in [1.54, 1.807) is 0 Å². The van der Waals surface area contributed by atoms with Gasteiger partial charge in [-0.3, -0.25) is 0 Å². The summed E-state index contributed by atoms with van der Waals surface area (Å²) in [7, 11) is 0. The molecule has 0 aliphatic carbocycles. The normalized spacial score (nSPS) is 10.1. The predicted octanol–water partition coefficient (Wildman–Crippen LogP) is 4.52. The zero-order valence-electron chi connectivity index (χ0n) is 7.30. The quantitative estimate of drug-likeness (QED) is 0.658. The van der Waals surface area contributed by atoms with Crippen LogP contribution in [0.15, 0.2) is 46.9 Å². The lowest BCUT2D eigenvalue weighted by Gasteiger charge is -2.01. The molecule has 2 aromatic rings. The van der Waals surface area contributed by atoms with E-state index < -0.39 is 0 Å². The molecule has 0 aliphatic heterocycles. The van der Waals surface area contributed by atoms with E-state index in [-0.39, 0.29) is 0 Å². The van der Waals surface area contributed by atoms with Crippen LogP contribution in [0.5, 0.6) is 0 Å². The Kier molecular flexibility index (Phi) is 3.23. The molecule has 0 N–H and O–H groups in total. The Balaban J connectivity index is 2.40. The minimum absolute atomic E-state index is 1.11. The van der Waals surface area contributed by atoms with Crippen LogP contribution in [0.4, 0.5) is 0 Å². The van der Waals surface area contributed by atoms with Gasteiger partial charge in [0.05, 0.1) is 0 Å². The van der Waals surface area contributed by atoms with Crippen molar-refractivity contribution in [2.24, 2.45) is 0 Å². The second kappa shape index (κ2) is 4.45. The molecule has 1 radical (unpaired) electrons. The lowest BCUT2D eigenvalue weighted by Crippen LogP contribution is -1.77. The van der Waals surface area contributed by atoms with Crippen LogP contribution in [0.3, 0.4) is 0 Å².